The summed E-state index contributed by atoms with van der Waals surface area (Å²) in [7, 11) is 0. The Hall–Kier alpha value is -2.38. The molecule has 1 atom stereocenters. The van der Waals surface area contributed by atoms with E-state index in [1.54, 1.807) is 11.3 Å². The number of carbonyl (C=O) groups is 1. The maximum atomic E-state index is 12.6. The van der Waals surface area contributed by atoms with Crippen molar-refractivity contribution in [3.05, 3.63) is 57.8 Å². The average molecular weight is 429 g/mol. The highest BCUT2D eigenvalue weighted by Gasteiger charge is 2.21. The van der Waals surface area contributed by atoms with E-state index in [2.05, 4.69) is 46.1 Å². The summed E-state index contributed by atoms with van der Waals surface area (Å²) in [5.74, 6) is 0.749. The predicted octanol–water partition coefficient (Wildman–Crippen LogP) is 3.36. The molecular weight excluding hydrogens is 396 g/mol. The minimum absolute atomic E-state index is 0.0732. The summed E-state index contributed by atoms with van der Waals surface area (Å²) in [6, 6.07) is 12.3. The third-order valence-corrected chi connectivity index (χ3v) is 6.15. The van der Waals surface area contributed by atoms with Crippen LogP contribution in [0.15, 0.2) is 46.8 Å². The van der Waals surface area contributed by atoms with Crippen LogP contribution in [0, 0.1) is 0 Å². The van der Waals surface area contributed by atoms with Crippen molar-refractivity contribution in [3.63, 3.8) is 0 Å². The van der Waals surface area contributed by atoms with Crippen LogP contribution in [-0.2, 0) is 22.5 Å². The summed E-state index contributed by atoms with van der Waals surface area (Å²) in [4.78, 5) is 20.4. The third kappa shape index (κ3) is 6.57. The molecule has 1 aromatic carbocycles. The van der Waals surface area contributed by atoms with Crippen LogP contribution in [0.4, 0.5) is 0 Å². The number of nitrogens with zero attached hydrogens (tertiary/aromatic N) is 2. The van der Waals surface area contributed by atoms with Crippen molar-refractivity contribution in [2.24, 2.45) is 4.99 Å². The van der Waals surface area contributed by atoms with Crippen molar-refractivity contribution in [3.8, 4) is 0 Å². The van der Waals surface area contributed by atoms with Gasteiger partial charge in [0.2, 0.25) is 5.91 Å². The van der Waals surface area contributed by atoms with Crippen LogP contribution in [0.5, 0.6) is 0 Å². The zero-order chi connectivity index (χ0) is 21.2. The Balaban J connectivity index is 1.38. The van der Waals surface area contributed by atoms with Gasteiger partial charge in [-0.15, -0.1) is 11.3 Å². The smallest absolute Gasteiger partial charge is 0.244 e. The molecule has 30 heavy (non-hydrogen) atoms. The fourth-order valence-corrected chi connectivity index (χ4v) is 4.30. The Morgan fingerprint density at radius 2 is 2.10 bits per heavy atom. The Morgan fingerprint density at radius 3 is 2.90 bits per heavy atom. The molecule has 3 rings (SSSR count). The van der Waals surface area contributed by atoms with Gasteiger partial charge < -0.3 is 20.3 Å². The SMILES string of the molecule is CCNC(=NCC(=O)N1CCc2sccc2C1)NCCCOC(C)c1ccccc1. The first kappa shape index (κ1) is 22.3. The molecular formula is C23H32N4O2S. The van der Waals surface area contributed by atoms with E-state index in [9.17, 15) is 4.79 Å². The van der Waals surface area contributed by atoms with Crippen molar-refractivity contribution >= 4 is 23.2 Å². The Kier molecular flexibility index (Phi) is 8.71. The quantitative estimate of drug-likeness (QED) is 0.365. The van der Waals surface area contributed by atoms with Crippen LogP contribution in [-0.4, -0.2) is 49.6 Å². The van der Waals surface area contributed by atoms with Crippen molar-refractivity contribution < 1.29 is 9.53 Å². The van der Waals surface area contributed by atoms with Crippen molar-refractivity contribution in [1.29, 1.82) is 0 Å². The average Bonchev–Trinajstić information content (AvgIpc) is 3.25. The molecule has 1 aliphatic rings. The van der Waals surface area contributed by atoms with Gasteiger partial charge in [-0.3, -0.25) is 4.79 Å². The van der Waals surface area contributed by atoms with Crippen molar-refractivity contribution in [2.75, 3.05) is 32.8 Å². The molecule has 6 nitrogen and oxygen atoms in total. The van der Waals surface area contributed by atoms with E-state index in [0.29, 0.717) is 19.1 Å². The van der Waals surface area contributed by atoms with Gasteiger partial charge in [-0.1, -0.05) is 30.3 Å². The standard InChI is InChI=1S/C23H32N4O2S/c1-3-24-23(25-12-7-14-29-18(2)19-8-5-4-6-9-19)26-16-22(28)27-13-10-21-20(17-27)11-15-30-21/h4-6,8-9,11,15,18H,3,7,10,12-14,16-17H2,1-2H3,(H2,24,25,26). The van der Waals surface area contributed by atoms with Gasteiger partial charge in [0.1, 0.15) is 6.54 Å². The molecule has 0 spiro atoms. The monoisotopic (exact) mass is 428 g/mol. The second-order valence-electron chi connectivity index (χ2n) is 7.33. The molecule has 1 unspecified atom stereocenters. The summed E-state index contributed by atoms with van der Waals surface area (Å²) in [5, 5.41) is 8.61. The fraction of sp³-hybridized carbons (Fsp3) is 0.478. The maximum absolute atomic E-state index is 12.6. The van der Waals surface area contributed by atoms with E-state index in [4.69, 9.17) is 4.74 Å². The molecule has 2 N–H and O–H groups in total. The number of rotatable bonds is 9. The van der Waals surface area contributed by atoms with Gasteiger partial charge in [-0.2, -0.15) is 0 Å². The molecule has 0 saturated heterocycles. The molecule has 0 saturated carbocycles. The molecule has 2 heterocycles. The van der Waals surface area contributed by atoms with Gasteiger partial charge in [0.15, 0.2) is 5.96 Å². The molecule has 0 radical (unpaired) electrons. The van der Waals surface area contributed by atoms with E-state index in [-0.39, 0.29) is 18.6 Å². The predicted molar refractivity (Wildman–Crippen MR) is 123 cm³/mol. The number of hydrogen-bond donors (Lipinski definition) is 2. The lowest BCUT2D eigenvalue weighted by molar-refractivity contribution is -0.130. The second-order valence-corrected chi connectivity index (χ2v) is 8.33. The molecule has 162 valence electrons. The number of fused-ring (bicyclic) bond motifs is 1. The number of aliphatic imine (C=N–C) groups is 1. The number of thiophene rings is 1. The first-order valence-corrected chi connectivity index (χ1v) is 11.6. The highest BCUT2D eigenvalue weighted by atomic mass is 32.1. The fourth-order valence-electron chi connectivity index (χ4n) is 3.41. The topological polar surface area (TPSA) is 66.0 Å². The molecule has 1 aromatic heterocycles. The number of hydrogen-bond acceptors (Lipinski definition) is 4. The number of guanidine groups is 1. The van der Waals surface area contributed by atoms with Gasteiger partial charge in [0.05, 0.1) is 6.10 Å². The summed E-state index contributed by atoms with van der Waals surface area (Å²) in [5.41, 5.74) is 2.46. The highest BCUT2D eigenvalue weighted by Crippen LogP contribution is 2.23. The zero-order valence-electron chi connectivity index (χ0n) is 17.9. The molecule has 0 aliphatic carbocycles. The van der Waals surface area contributed by atoms with E-state index in [0.717, 1.165) is 32.5 Å². The molecule has 0 bridgehead atoms. The van der Waals surface area contributed by atoms with E-state index < -0.39 is 0 Å². The molecule has 1 amide bonds. The third-order valence-electron chi connectivity index (χ3n) is 5.13. The summed E-state index contributed by atoms with van der Waals surface area (Å²) >= 11 is 1.78. The summed E-state index contributed by atoms with van der Waals surface area (Å²) < 4.78 is 5.91. The molecule has 0 fully saturated rings. The molecule has 2 aromatic rings. The van der Waals surface area contributed by atoms with Crippen LogP contribution in [0.25, 0.3) is 0 Å². The van der Waals surface area contributed by atoms with Crippen LogP contribution in [0.2, 0.25) is 0 Å². The largest absolute Gasteiger partial charge is 0.374 e. The zero-order valence-corrected chi connectivity index (χ0v) is 18.7. The normalized spacial score (nSPS) is 14.9. The Bertz CT molecular complexity index is 822. The van der Waals surface area contributed by atoms with Gasteiger partial charge in [-0.25, -0.2) is 4.99 Å². The number of carbonyl (C=O) groups excluding carboxylic acids is 1. The number of ether oxygens (including phenoxy) is 1. The van der Waals surface area contributed by atoms with E-state index >= 15 is 0 Å². The van der Waals surface area contributed by atoms with Crippen LogP contribution in [0.3, 0.4) is 0 Å². The highest BCUT2D eigenvalue weighted by molar-refractivity contribution is 7.10. The second kappa shape index (κ2) is 11.7. The van der Waals surface area contributed by atoms with E-state index in [1.165, 1.54) is 16.0 Å². The van der Waals surface area contributed by atoms with Gasteiger partial charge in [-0.05, 0) is 49.3 Å². The van der Waals surface area contributed by atoms with Crippen LogP contribution in [0.1, 0.15) is 42.4 Å². The number of nitrogens with one attached hydrogen (secondary N) is 2. The van der Waals surface area contributed by atoms with Crippen molar-refractivity contribution in [2.45, 2.75) is 39.3 Å². The number of benzene rings is 1. The first-order valence-electron chi connectivity index (χ1n) is 10.7. The lowest BCUT2D eigenvalue weighted by Gasteiger charge is -2.26. The van der Waals surface area contributed by atoms with Crippen molar-refractivity contribution in [1.82, 2.24) is 15.5 Å². The van der Waals surface area contributed by atoms with Crippen LogP contribution < -0.4 is 10.6 Å². The maximum Gasteiger partial charge on any atom is 0.244 e. The van der Waals surface area contributed by atoms with Crippen LogP contribution >= 0.6 is 11.3 Å². The van der Waals surface area contributed by atoms with Gasteiger partial charge in [0.25, 0.3) is 0 Å². The Labute approximate surface area is 183 Å². The number of amides is 1. The molecule has 7 heteroatoms. The minimum Gasteiger partial charge on any atom is -0.374 e. The molecule has 1 aliphatic heterocycles. The lowest BCUT2D eigenvalue weighted by Crippen LogP contribution is -2.40. The van der Waals surface area contributed by atoms with Gasteiger partial charge in [0, 0.05) is 37.7 Å². The summed E-state index contributed by atoms with van der Waals surface area (Å²) in [6.45, 7) is 7.89. The first-order chi connectivity index (χ1) is 14.7. The summed E-state index contributed by atoms with van der Waals surface area (Å²) in [6.07, 6.45) is 1.89. The Morgan fingerprint density at radius 1 is 1.27 bits per heavy atom. The lowest BCUT2D eigenvalue weighted by atomic mass is 10.1. The van der Waals surface area contributed by atoms with E-state index in [1.807, 2.05) is 30.0 Å². The minimum atomic E-state index is 0.0732. The van der Waals surface area contributed by atoms with Gasteiger partial charge >= 0.3 is 0 Å².